The van der Waals surface area contributed by atoms with Gasteiger partial charge in [-0.3, -0.25) is 4.79 Å². The maximum absolute atomic E-state index is 13.0. The number of alkyl halides is 3. The number of rotatable bonds is 3. The largest absolute Gasteiger partial charge is 0.431 e. The summed E-state index contributed by atoms with van der Waals surface area (Å²) in [6, 6.07) is 6.51. The minimum atomic E-state index is -4.69. The van der Waals surface area contributed by atoms with Gasteiger partial charge in [0.2, 0.25) is 5.91 Å². The Morgan fingerprint density at radius 2 is 1.91 bits per heavy atom. The topological polar surface area (TPSA) is 52.9 Å². The standard InChI is InChI=1S/C16H19F3N2O2/c1-4-11-5-7-12(8-6-11)15(23)9-13(16(17,18)19)20-21(15)14(22)10(2)3/h5-8,10,23H,4,9H2,1-3H3/t15-/m0/s1. The Hall–Kier alpha value is -1.89. The molecule has 0 saturated heterocycles. The number of hydrogen-bond acceptors (Lipinski definition) is 3. The molecular weight excluding hydrogens is 309 g/mol. The van der Waals surface area contributed by atoms with E-state index in [1.165, 1.54) is 12.1 Å². The first-order chi connectivity index (χ1) is 10.6. The fourth-order valence-electron chi connectivity index (χ4n) is 2.41. The predicted molar refractivity (Wildman–Crippen MR) is 79.5 cm³/mol. The number of aliphatic hydroxyl groups is 1. The number of aryl methyl sites for hydroxylation is 1. The summed E-state index contributed by atoms with van der Waals surface area (Å²) in [4.78, 5) is 12.2. The Labute approximate surface area is 132 Å². The molecule has 126 valence electrons. The molecule has 1 atom stereocenters. The first-order valence-electron chi connectivity index (χ1n) is 7.40. The van der Waals surface area contributed by atoms with E-state index in [4.69, 9.17) is 0 Å². The van der Waals surface area contributed by atoms with Gasteiger partial charge in [0.25, 0.3) is 0 Å². The van der Waals surface area contributed by atoms with Gasteiger partial charge in [-0.15, -0.1) is 0 Å². The van der Waals surface area contributed by atoms with E-state index >= 15 is 0 Å². The average molecular weight is 328 g/mol. The molecule has 1 aliphatic rings. The molecule has 0 fully saturated rings. The Morgan fingerprint density at radius 1 is 1.35 bits per heavy atom. The van der Waals surface area contributed by atoms with Crippen molar-refractivity contribution < 1.29 is 23.1 Å². The second kappa shape index (κ2) is 5.96. The summed E-state index contributed by atoms with van der Waals surface area (Å²) in [5.41, 5.74) is -2.08. The number of nitrogens with zero attached hydrogens (tertiary/aromatic N) is 2. The van der Waals surface area contributed by atoms with Crippen LogP contribution in [0.1, 0.15) is 38.3 Å². The second-order valence-electron chi connectivity index (χ2n) is 5.89. The van der Waals surface area contributed by atoms with Crippen LogP contribution < -0.4 is 0 Å². The van der Waals surface area contributed by atoms with Crippen LogP contribution >= 0.6 is 0 Å². The normalized spacial score (nSPS) is 21.7. The fraction of sp³-hybridized carbons (Fsp3) is 0.500. The van der Waals surface area contributed by atoms with Crippen molar-refractivity contribution in [3.63, 3.8) is 0 Å². The molecule has 1 aromatic carbocycles. The summed E-state index contributed by atoms with van der Waals surface area (Å²) in [6.07, 6.45) is -4.71. The zero-order valence-corrected chi connectivity index (χ0v) is 13.2. The number of hydrogen-bond donors (Lipinski definition) is 1. The van der Waals surface area contributed by atoms with Gasteiger partial charge in [0, 0.05) is 11.5 Å². The molecule has 0 saturated carbocycles. The number of carbonyl (C=O) groups excluding carboxylic acids is 1. The van der Waals surface area contributed by atoms with Crippen molar-refractivity contribution in [2.75, 3.05) is 0 Å². The van der Waals surface area contributed by atoms with Gasteiger partial charge in [-0.1, -0.05) is 45.0 Å². The summed E-state index contributed by atoms with van der Waals surface area (Å²) in [6.45, 7) is 5.03. The monoisotopic (exact) mass is 328 g/mol. The third-order valence-corrected chi connectivity index (χ3v) is 3.84. The van der Waals surface area contributed by atoms with Gasteiger partial charge in [-0.25, -0.2) is 0 Å². The Bertz CT molecular complexity index is 623. The van der Waals surface area contributed by atoms with Crippen molar-refractivity contribution in [2.45, 2.75) is 45.5 Å². The van der Waals surface area contributed by atoms with Gasteiger partial charge in [0.1, 0.15) is 5.71 Å². The zero-order valence-electron chi connectivity index (χ0n) is 13.2. The van der Waals surface area contributed by atoms with Crippen LogP contribution in [-0.4, -0.2) is 27.9 Å². The molecular formula is C16H19F3N2O2. The van der Waals surface area contributed by atoms with E-state index in [0.717, 1.165) is 12.0 Å². The van der Waals surface area contributed by atoms with Crippen molar-refractivity contribution in [1.82, 2.24) is 5.01 Å². The second-order valence-corrected chi connectivity index (χ2v) is 5.89. The molecule has 0 aromatic heterocycles. The zero-order chi connectivity index (χ0) is 17.4. The Morgan fingerprint density at radius 3 is 2.35 bits per heavy atom. The molecule has 1 aliphatic heterocycles. The summed E-state index contributed by atoms with van der Waals surface area (Å²) in [7, 11) is 0. The Kier molecular flexibility index (Phi) is 4.52. The molecule has 2 rings (SSSR count). The summed E-state index contributed by atoms with van der Waals surface area (Å²) < 4.78 is 39.0. The lowest BCUT2D eigenvalue weighted by atomic mass is 9.95. The van der Waals surface area contributed by atoms with Gasteiger partial charge in [-0.05, 0) is 12.0 Å². The fourth-order valence-corrected chi connectivity index (χ4v) is 2.41. The number of carbonyl (C=O) groups is 1. The first-order valence-corrected chi connectivity index (χ1v) is 7.40. The third-order valence-electron chi connectivity index (χ3n) is 3.84. The highest BCUT2D eigenvalue weighted by Gasteiger charge is 2.53. The van der Waals surface area contributed by atoms with Gasteiger partial charge in [0.05, 0.1) is 6.42 Å². The van der Waals surface area contributed by atoms with Crippen LogP contribution in [0.3, 0.4) is 0 Å². The SMILES string of the molecule is CCc1ccc([C@@]2(O)CC(C(F)(F)F)=NN2C(=O)C(C)C)cc1. The number of amides is 1. The van der Waals surface area contributed by atoms with Crippen LogP contribution in [0.15, 0.2) is 29.4 Å². The summed E-state index contributed by atoms with van der Waals surface area (Å²) in [5, 5.41) is 14.8. The smallest absolute Gasteiger partial charge is 0.365 e. The third kappa shape index (κ3) is 3.24. The van der Waals surface area contributed by atoms with E-state index in [1.807, 2.05) is 6.92 Å². The minimum Gasteiger partial charge on any atom is -0.365 e. The van der Waals surface area contributed by atoms with Gasteiger partial charge >= 0.3 is 6.18 Å². The van der Waals surface area contributed by atoms with Crippen molar-refractivity contribution in [3.8, 4) is 0 Å². The van der Waals surface area contributed by atoms with Gasteiger partial charge in [-0.2, -0.15) is 23.3 Å². The highest BCUT2D eigenvalue weighted by atomic mass is 19.4. The minimum absolute atomic E-state index is 0.215. The molecule has 23 heavy (non-hydrogen) atoms. The molecule has 0 aliphatic carbocycles. The maximum Gasteiger partial charge on any atom is 0.431 e. The van der Waals surface area contributed by atoms with Gasteiger partial charge < -0.3 is 5.11 Å². The molecule has 0 bridgehead atoms. The van der Waals surface area contributed by atoms with E-state index in [1.54, 1.807) is 26.0 Å². The molecule has 0 unspecified atom stereocenters. The van der Waals surface area contributed by atoms with Crippen molar-refractivity contribution in [2.24, 2.45) is 11.0 Å². The lowest BCUT2D eigenvalue weighted by molar-refractivity contribution is -0.161. The molecule has 1 amide bonds. The highest BCUT2D eigenvalue weighted by Crippen LogP contribution is 2.40. The molecule has 7 heteroatoms. The molecule has 0 spiro atoms. The van der Waals surface area contributed by atoms with Crippen LogP contribution in [0.4, 0.5) is 13.2 Å². The summed E-state index contributed by atoms with van der Waals surface area (Å²) >= 11 is 0. The van der Waals surface area contributed by atoms with Crippen molar-refractivity contribution in [1.29, 1.82) is 0 Å². The molecule has 0 radical (unpaired) electrons. The van der Waals surface area contributed by atoms with Crippen LogP contribution in [0, 0.1) is 5.92 Å². The molecule has 1 N–H and O–H groups in total. The van der Waals surface area contributed by atoms with Crippen molar-refractivity contribution >= 4 is 11.6 Å². The molecule has 1 aromatic rings. The molecule has 4 nitrogen and oxygen atoms in total. The van der Waals surface area contributed by atoms with Crippen LogP contribution in [0.25, 0.3) is 0 Å². The van der Waals surface area contributed by atoms with E-state index in [2.05, 4.69) is 5.10 Å². The number of benzene rings is 1. The van der Waals surface area contributed by atoms with Crippen LogP contribution in [-0.2, 0) is 16.9 Å². The average Bonchev–Trinajstić information content (AvgIpc) is 2.85. The van der Waals surface area contributed by atoms with E-state index < -0.39 is 35.9 Å². The Balaban J connectivity index is 2.47. The number of halogens is 3. The van der Waals surface area contributed by atoms with Crippen molar-refractivity contribution in [3.05, 3.63) is 35.4 Å². The van der Waals surface area contributed by atoms with Gasteiger partial charge in [0.15, 0.2) is 5.72 Å². The first kappa shape index (κ1) is 17.5. The van der Waals surface area contributed by atoms with E-state index in [0.29, 0.717) is 5.01 Å². The van der Waals surface area contributed by atoms with E-state index in [-0.39, 0.29) is 5.56 Å². The van der Waals surface area contributed by atoms with Crippen LogP contribution in [0.2, 0.25) is 0 Å². The molecule has 1 heterocycles. The van der Waals surface area contributed by atoms with E-state index in [9.17, 15) is 23.1 Å². The number of hydrazone groups is 1. The lowest BCUT2D eigenvalue weighted by Gasteiger charge is -2.32. The van der Waals surface area contributed by atoms with Crippen LogP contribution in [0.5, 0.6) is 0 Å². The predicted octanol–water partition coefficient (Wildman–Crippen LogP) is 3.20. The highest BCUT2D eigenvalue weighted by molar-refractivity contribution is 5.94. The lowest BCUT2D eigenvalue weighted by Crippen LogP contribution is -2.45. The summed E-state index contributed by atoms with van der Waals surface area (Å²) in [5.74, 6) is -1.25. The quantitative estimate of drug-likeness (QED) is 0.926. The maximum atomic E-state index is 13.0.